The predicted molar refractivity (Wildman–Crippen MR) is 115 cm³/mol. The molecule has 0 amide bonds. The second-order valence-corrected chi connectivity index (χ2v) is 7.32. The molecule has 0 spiro atoms. The van der Waals surface area contributed by atoms with E-state index in [1.54, 1.807) is 6.21 Å². The van der Waals surface area contributed by atoms with Gasteiger partial charge in [-0.2, -0.15) is 20.1 Å². The fraction of sp³-hybridized carbons (Fsp3) is 0.429. The summed E-state index contributed by atoms with van der Waals surface area (Å²) in [4.78, 5) is 18.4. The molecule has 3 heterocycles. The quantitative estimate of drug-likeness (QED) is 0.613. The third-order valence-corrected chi connectivity index (χ3v) is 5.02. The molecular weight excluding hydrogens is 350 g/mol. The molecule has 7 heteroatoms. The van der Waals surface area contributed by atoms with E-state index < -0.39 is 0 Å². The second-order valence-electron chi connectivity index (χ2n) is 7.32. The van der Waals surface area contributed by atoms with Gasteiger partial charge in [0.25, 0.3) is 0 Å². The topological polar surface area (TPSA) is 69.5 Å². The molecule has 0 aliphatic carbocycles. The van der Waals surface area contributed by atoms with Crippen LogP contribution in [0.25, 0.3) is 6.08 Å². The van der Waals surface area contributed by atoms with Gasteiger partial charge in [0.2, 0.25) is 17.8 Å². The first-order valence-corrected chi connectivity index (χ1v) is 10.1. The molecule has 2 aliphatic rings. The zero-order chi connectivity index (χ0) is 19.2. The van der Waals surface area contributed by atoms with Gasteiger partial charge in [0.1, 0.15) is 0 Å². The molecule has 2 saturated heterocycles. The fourth-order valence-corrected chi connectivity index (χ4v) is 3.56. The number of hydrogen-bond acceptors (Lipinski definition) is 7. The van der Waals surface area contributed by atoms with Crippen LogP contribution in [0.2, 0.25) is 0 Å². The van der Waals surface area contributed by atoms with Crippen molar-refractivity contribution in [2.75, 3.05) is 41.4 Å². The Morgan fingerprint density at radius 1 is 0.893 bits per heavy atom. The number of nitrogens with zero attached hydrogens (tertiary/aromatic N) is 6. The lowest BCUT2D eigenvalue weighted by molar-refractivity contribution is 0.838. The molecule has 146 valence electrons. The number of aromatic nitrogens is 3. The number of rotatable bonds is 6. The summed E-state index contributed by atoms with van der Waals surface area (Å²) in [5.74, 6) is 2.01. The molecule has 0 atom stereocenters. The molecule has 0 unspecified atom stereocenters. The Morgan fingerprint density at radius 3 is 2.04 bits per heavy atom. The third kappa shape index (κ3) is 4.65. The molecule has 2 aliphatic heterocycles. The van der Waals surface area contributed by atoms with Crippen LogP contribution in [-0.2, 0) is 0 Å². The highest BCUT2D eigenvalue weighted by Gasteiger charge is 2.21. The molecule has 1 aromatic heterocycles. The molecule has 0 saturated carbocycles. The van der Waals surface area contributed by atoms with E-state index in [1.165, 1.54) is 25.7 Å². The summed E-state index contributed by atoms with van der Waals surface area (Å²) in [7, 11) is 0. The van der Waals surface area contributed by atoms with Gasteiger partial charge in [-0.3, -0.25) is 0 Å². The standard InChI is InChI=1S/C21H27N7/c1-17(15-18-9-3-2-4-10-18)16-22-26-19-23-20(27-11-5-6-12-27)25-21(24-19)28-13-7-8-14-28/h2-4,9-10,15-16H,5-8,11-14H2,1H3,(H,23,24,25,26)/b17-15-,22-16-. The van der Waals surface area contributed by atoms with E-state index >= 15 is 0 Å². The minimum atomic E-state index is 0.502. The number of nitrogens with one attached hydrogen (secondary N) is 1. The molecule has 1 aromatic carbocycles. The first-order chi connectivity index (χ1) is 13.8. The Morgan fingerprint density at radius 2 is 1.46 bits per heavy atom. The number of anilines is 3. The highest BCUT2D eigenvalue weighted by atomic mass is 15.4. The van der Waals surface area contributed by atoms with Crippen molar-refractivity contribution in [1.29, 1.82) is 0 Å². The summed E-state index contributed by atoms with van der Waals surface area (Å²) in [5, 5.41) is 4.34. The van der Waals surface area contributed by atoms with Crippen LogP contribution in [0.5, 0.6) is 0 Å². The van der Waals surface area contributed by atoms with Crippen molar-refractivity contribution in [1.82, 2.24) is 15.0 Å². The van der Waals surface area contributed by atoms with E-state index in [-0.39, 0.29) is 0 Å². The molecule has 2 aromatic rings. The summed E-state index contributed by atoms with van der Waals surface area (Å²) < 4.78 is 0. The molecular formula is C21H27N7. The number of allylic oxidation sites excluding steroid dienone is 1. The molecule has 1 N–H and O–H groups in total. The summed E-state index contributed by atoms with van der Waals surface area (Å²) >= 11 is 0. The third-order valence-electron chi connectivity index (χ3n) is 5.02. The van der Waals surface area contributed by atoms with Gasteiger partial charge >= 0.3 is 0 Å². The van der Waals surface area contributed by atoms with E-state index in [4.69, 9.17) is 4.98 Å². The van der Waals surface area contributed by atoms with Crippen molar-refractivity contribution in [3.8, 4) is 0 Å². The lowest BCUT2D eigenvalue weighted by Gasteiger charge is -2.20. The first kappa shape index (κ1) is 18.4. The van der Waals surface area contributed by atoms with Crippen LogP contribution in [0.3, 0.4) is 0 Å². The van der Waals surface area contributed by atoms with Gasteiger partial charge < -0.3 is 9.80 Å². The summed E-state index contributed by atoms with van der Waals surface area (Å²) in [6.45, 7) is 6.04. The van der Waals surface area contributed by atoms with Crippen molar-refractivity contribution in [2.45, 2.75) is 32.6 Å². The molecule has 0 bridgehead atoms. The second kappa shape index (κ2) is 8.82. The van der Waals surface area contributed by atoms with Crippen LogP contribution in [0.4, 0.5) is 17.8 Å². The lowest BCUT2D eigenvalue weighted by atomic mass is 10.1. The van der Waals surface area contributed by atoms with Gasteiger partial charge in [-0.1, -0.05) is 36.4 Å². The predicted octanol–water partition coefficient (Wildman–Crippen LogP) is 3.57. The van der Waals surface area contributed by atoms with Crippen molar-refractivity contribution in [3.63, 3.8) is 0 Å². The van der Waals surface area contributed by atoms with E-state index in [1.807, 2.05) is 25.1 Å². The maximum atomic E-state index is 4.72. The van der Waals surface area contributed by atoms with Crippen LogP contribution < -0.4 is 15.2 Å². The smallest absolute Gasteiger partial charge is 0.250 e. The maximum absolute atomic E-state index is 4.72. The largest absolute Gasteiger partial charge is 0.341 e. The Kier molecular flexibility index (Phi) is 5.80. The minimum Gasteiger partial charge on any atom is -0.341 e. The monoisotopic (exact) mass is 377 g/mol. The van der Waals surface area contributed by atoms with Crippen LogP contribution in [0.1, 0.15) is 38.2 Å². The maximum Gasteiger partial charge on any atom is 0.250 e. The highest BCUT2D eigenvalue weighted by molar-refractivity contribution is 5.85. The summed E-state index contributed by atoms with van der Waals surface area (Å²) in [6.07, 6.45) is 8.64. The Balaban J connectivity index is 1.50. The van der Waals surface area contributed by atoms with E-state index in [2.05, 4.69) is 48.5 Å². The van der Waals surface area contributed by atoms with E-state index in [0.717, 1.165) is 49.2 Å². The molecule has 0 radical (unpaired) electrons. The van der Waals surface area contributed by atoms with Crippen LogP contribution in [0.15, 0.2) is 41.0 Å². The SMILES string of the molecule is CC(/C=N\Nc1nc(N2CCCC2)nc(N2CCCC2)n1)=C/c1ccccc1. The summed E-state index contributed by atoms with van der Waals surface area (Å²) in [6, 6.07) is 10.2. The Hall–Kier alpha value is -2.96. The highest BCUT2D eigenvalue weighted by Crippen LogP contribution is 2.22. The zero-order valence-electron chi connectivity index (χ0n) is 16.4. The average Bonchev–Trinajstić information content (AvgIpc) is 3.43. The van der Waals surface area contributed by atoms with Crippen LogP contribution in [0, 0.1) is 0 Å². The normalized spacial score (nSPS) is 17.7. The first-order valence-electron chi connectivity index (χ1n) is 10.1. The Labute approximate surface area is 166 Å². The van der Waals surface area contributed by atoms with Gasteiger partial charge in [0.15, 0.2) is 0 Å². The Bertz CT molecular complexity index is 801. The van der Waals surface area contributed by atoms with Gasteiger partial charge in [-0.05, 0) is 43.7 Å². The van der Waals surface area contributed by atoms with E-state index in [0.29, 0.717) is 5.95 Å². The van der Waals surface area contributed by atoms with Crippen molar-refractivity contribution in [3.05, 3.63) is 41.5 Å². The molecule has 4 rings (SSSR count). The molecule has 7 nitrogen and oxygen atoms in total. The van der Waals surface area contributed by atoms with Gasteiger partial charge in [0, 0.05) is 26.2 Å². The van der Waals surface area contributed by atoms with Crippen LogP contribution >= 0.6 is 0 Å². The zero-order valence-corrected chi connectivity index (χ0v) is 16.4. The van der Waals surface area contributed by atoms with Crippen LogP contribution in [-0.4, -0.2) is 47.3 Å². The fourth-order valence-electron chi connectivity index (χ4n) is 3.56. The van der Waals surface area contributed by atoms with Gasteiger partial charge in [-0.25, -0.2) is 5.43 Å². The van der Waals surface area contributed by atoms with E-state index in [9.17, 15) is 0 Å². The van der Waals surface area contributed by atoms with Gasteiger partial charge in [0.05, 0.1) is 6.21 Å². The minimum absolute atomic E-state index is 0.502. The van der Waals surface area contributed by atoms with Crippen molar-refractivity contribution in [2.24, 2.45) is 5.10 Å². The molecule has 28 heavy (non-hydrogen) atoms. The van der Waals surface area contributed by atoms with Gasteiger partial charge in [-0.15, -0.1) is 0 Å². The summed E-state index contributed by atoms with van der Waals surface area (Å²) in [5.41, 5.74) is 5.20. The lowest BCUT2D eigenvalue weighted by Crippen LogP contribution is -2.25. The number of hydrazone groups is 1. The number of hydrogen-bond donors (Lipinski definition) is 1. The number of benzene rings is 1. The average molecular weight is 377 g/mol. The molecule has 2 fully saturated rings. The van der Waals surface area contributed by atoms with Crippen molar-refractivity contribution < 1.29 is 0 Å². The van der Waals surface area contributed by atoms with Crippen molar-refractivity contribution >= 4 is 30.1 Å².